The molecule has 0 bridgehead atoms. The van der Waals surface area contributed by atoms with Gasteiger partial charge in [0.25, 0.3) is 0 Å². The summed E-state index contributed by atoms with van der Waals surface area (Å²) < 4.78 is 16.4. The molecule has 0 aliphatic carbocycles. The molecule has 8 heteroatoms. The van der Waals surface area contributed by atoms with Gasteiger partial charge in [-0.1, -0.05) is 30.3 Å². The maximum atomic E-state index is 12.4. The van der Waals surface area contributed by atoms with Crippen LogP contribution < -0.4 is 20.1 Å². The van der Waals surface area contributed by atoms with Crippen molar-refractivity contribution in [3.63, 3.8) is 0 Å². The molecule has 2 N–H and O–H groups in total. The average Bonchev–Trinajstić information content (AvgIpc) is 3.27. The Hall–Kier alpha value is -3.10. The maximum Gasteiger partial charge on any atom is 0.309 e. The molecule has 2 aliphatic rings. The zero-order valence-corrected chi connectivity index (χ0v) is 17.6. The van der Waals surface area contributed by atoms with Gasteiger partial charge in [-0.25, -0.2) is 0 Å². The monoisotopic (exact) mass is 425 g/mol. The Morgan fingerprint density at radius 3 is 2.55 bits per heavy atom. The Balaban J connectivity index is 1.39. The standard InChI is InChI=1S/C23H27N3O5/c1-16-4-2-3-5-18(16)13-24-22(27)23(28)25-14-19(26-8-10-29-11-9-26)17-6-7-20-21(12-17)31-15-30-20/h2-7,12,19H,8-11,13-15H2,1H3,(H,24,27)(H,25,28)/t19-/m0/s1. The quantitative estimate of drug-likeness (QED) is 0.683. The van der Waals surface area contributed by atoms with Gasteiger partial charge in [-0.2, -0.15) is 0 Å². The van der Waals surface area contributed by atoms with Crippen LogP contribution in [-0.2, 0) is 20.9 Å². The summed E-state index contributed by atoms with van der Waals surface area (Å²) in [7, 11) is 0. The smallest absolute Gasteiger partial charge is 0.309 e. The third kappa shape index (κ3) is 5.15. The summed E-state index contributed by atoms with van der Waals surface area (Å²) >= 11 is 0. The van der Waals surface area contributed by atoms with Crippen LogP contribution in [0.4, 0.5) is 0 Å². The van der Waals surface area contributed by atoms with E-state index in [1.807, 2.05) is 49.4 Å². The summed E-state index contributed by atoms with van der Waals surface area (Å²) in [6, 6.07) is 13.4. The highest BCUT2D eigenvalue weighted by Gasteiger charge is 2.26. The van der Waals surface area contributed by atoms with E-state index in [2.05, 4.69) is 15.5 Å². The van der Waals surface area contributed by atoms with Crippen LogP contribution in [0.25, 0.3) is 0 Å². The van der Waals surface area contributed by atoms with E-state index in [0.717, 1.165) is 29.8 Å². The summed E-state index contributed by atoms with van der Waals surface area (Å²) in [5, 5.41) is 5.49. The minimum absolute atomic E-state index is 0.105. The van der Waals surface area contributed by atoms with Crippen molar-refractivity contribution in [2.24, 2.45) is 0 Å². The molecule has 0 spiro atoms. The maximum absolute atomic E-state index is 12.4. The molecule has 1 fully saturated rings. The van der Waals surface area contributed by atoms with Crippen molar-refractivity contribution in [2.75, 3.05) is 39.6 Å². The Kier molecular flexibility index (Phi) is 6.69. The number of nitrogens with zero attached hydrogens (tertiary/aromatic N) is 1. The number of aryl methyl sites for hydroxylation is 1. The molecule has 0 aromatic heterocycles. The van der Waals surface area contributed by atoms with Gasteiger partial charge in [0.2, 0.25) is 6.79 Å². The molecule has 1 saturated heterocycles. The van der Waals surface area contributed by atoms with Crippen molar-refractivity contribution in [1.82, 2.24) is 15.5 Å². The summed E-state index contributed by atoms with van der Waals surface area (Å²) in [6.07, 6.45) is 0. The predicted molar refractivity (Wildman–Crippen MR) is 114 cm³/mol. The van der Waals surface area contributed by atoms with Gasteiger partial charge in [0.1, 0.15) is 0 Å². The van der Waals surface area contributed by atoms with Gasteiger partial charge in [-0.05, 0) is 35.7 Å². The van der Waals surface area contributed by atoms with E-state index in [0.29, 0.717) is 37.8 Å². The van der Waals surface area contributed by atoms with Crippen molar-refractivity contribution in [3.8, 4) is 11.5 Å². The van der Waals surface area contributed by atoms with Crippen LogP contribution in [-0.4, -0.2) is 56.4 Å². The summed E-state index contributed by atoms with van der Waals surface area (Å²) in [4.78, 5) is 27.0. The number of amides is 2. The molecule has 0 unspecified atom stereocenters. The van der Waals surface area contributed by atoms with Crippen molar-refractivity contribution in [3.05, 3.63) is 59.2 Å². The van der Waals surface area contributed by atoms with E-state index in [9.17, 15) is 9.59 Å². The third-order valence-electron chi connectivity index (χ3n) is 5.63. The zero-order chi connectivity index (χ0) is 21.6. The molecule has 1 atom stereocenters. The largest absolute Gasteiger partial charge is 0.454 e. The zero-order valence-electron chi connectivity index (χ0n) is 17.6. The number of benzene rings is 2. The molecule has 0 radical (unpaired) electrons. The fourth-order valence-electron chi connectivity index (χ4n) is 3.80. The fraction of sp³-hybridized carbons (Fsp3) is 0.391. The molecular weight excluding hydrogens is 398 g/mol. The van der Waals surface area contributed by atoms with Gasteiger partial charge < -0.3 is 24.8 Å². The third-order valence-corrected chi connectivity index (χ3v) is 5.63. The minimum Gasteiger partial charge on any atom is -0.454 e. The van der Waals surface area contributed by atoms with Crippen LogP contribution >= 0.6 is 0 Å². The molecule has 2 aliphatic heterocycles. The van der Waals surface area contributed by atoms with Crippen LogP contribution in [0.2, 0.25) is 0 Å². The van der Waals surface area contributed by atoms with E-state index in [4.69, 9.17) is 14.2 Å². The van der Waals surface area contributed by atoms with E-state index in [1.165, 1.54) is 0 Å². The lowest BCUT2D eigenvalue weighted by atomic mass is 10.0. The second-order valence-corrected chi connectivity index (χ2v) is 7.60. The number of hydrogen-bond donors (Lipinski definition) is 2. The lowest BCUT2D eigenvalue weighted by molar-refractivity contribution is -0.139. The molecule has 2 aromatic rings. The van der Waals surface area contributed by atoms with Crippen molar-refractivity contribution in [2.45, 2.75) is 19.5 Å². The van der Waals surface area contributed by atoms with E-state index in [-0.39, 0.29) is 12.8 Å². The van der Waals surface area contributed by atoms with Gasteiger partial charge >= 0.3 is 11.8 Å². The van der Waals surface area contributed by atoms with Gasteiger partial charge in [-0.15, -0.1) is 0 Å². The second-order valence-electron chi connectivity index (χ2n) is 7.60. The molecule has 8 nitrogen and oxygen atoms in total. The number of fused-ring (bicyclic) bond motifs is 1. The Labute approximate surface area is 181 Å². The van der Waals surface area contributed by atoms with Gasteiger partial charge in [0.15, 0.2) is 11.5 Å². The molecule has 2 amide bonds. The number of nitrogens with one attached hydrogen (secondary N) is 2. The summed E-state index contributed by atoms with van der Waals surface area (Å²) in [5.74, 6) is 0.115. The Morgan fingerprint density at radius 2 is 1.74 bits per heavy atom. The Bertz CT molecular complexity index is 943. The first-order valence-electron chi connectivity index (χ1n) is 10.4. The molecule has 2 aromatic carbocycles. The van der Waals surface area contributed by atoms with E-state index in [1.54, 1.807) is 0 Å². The van der Waals surface area contributed by atoms with Crippen LogP contribution in [0.1, 0.15) is 22.7 Å². The number of hydrogen-bond acceptors (Lipinski definition) is 6. The van der Waals surface area contributed by atoms with Crippen LogP contribution in [0.15, 0.2) is 42.5 Å². The lowest BCUT2D eigenvalue weighted by Crippen LogP contribution is -2.46. The van der Waals surface area contributed by atoms with Gasteiger partial charge in [0, 0.05) is 26.2 Å². The molecule has 164 valence electrons. The average molecular weight is 425 g/mol. The van der Waals surface area contributed by atoms with E-state index < -0.39 is 11.8 Å². The second kappa shape index (κ2) is 9.80. The molecule has 2 heterocycles. The first kappa shape index (κ1) is 21.1. The van der Waals surface area contributed by atoms with Crippen molar-refractivity contribution < 1.29 is 23.8 Å². The summed E-state index contributed by atoms with van der Waals surface area (Å²) in [6.45, 7) is 5.55. The number of carbonyl (C=O) groups excluding carboxylic acids is 2. The van der Waals surface area contributed by atoms with E-state index >= 15 is 0 Å². The Morgan fingerprint density at radius 1 is 1.00 bits per heavy atom. The number of morpholine rings is 1. The molecule has 0 saturated carbocycles. The number of carbonyl (C=O) groups is 2. The lowest BCUT2D eigenvalue weighted by Gasteiger charge is -2.34. The topological polar surface area (TPSA) is 89.1 Å². The van der Waals surface area contributed by atoms with Gasteiger partial charge in [-0.3, -0.25) is 14.5 Å². The van der Waals surface area contributed by atoms with Crippen molar-refractivity contribution in [1.29, 1.82) is 0 Å². The highest BCUT2D eigenvalue weighted by atomic mass is 16.7. The molecule has 4 rings (SSSR count). The SMILES string of the molecule is Cc1ccccc1CNC(=O)C(=O)NC[C@@H](c1ccc2c(c1)OCO2)N1CCOCC1. The minimum atomic E-state index is -0.646. The summed E-state index contributed by atoms with van der Waals surface area (Å²) in [5.41, 5.74) is 3.04. The van der Waals surface area contributed by atoms with Crippen LogP contribution in [0, 0.1) is 6.92 Å². The fourth-order valence-corrected chi connectivity index (χ4v) is 3.80. The van der Waals surface area contributed by atoms with Crippen LogP contribution in [0.3, 0.4) is 0 Å². The molecular formula is C23H27N3O5. The highest BCUT2D eigenvalue weighted by molar-refractivity contribution is 6.35. The van der Waals surface area contributed by atoms with Crippen LogP contribution in [0.5, 0.6) is 11.5 Å². The first-order chi connectivity index (χ1) is 15.1. The van der Waals surface area contributed by atoms with Crippen molar-refractivity contribution >= 4 is 11.8 Å². The molecule has 31 heavy (non-hydrogen) atoms. The normalized spacial score (nSPS) is 16.5. The predicted octanol–water partition coefficient (Wildman–Crippen LogP) is 1.53. The highest BCUT2D eigenvalue weighted by Crippen LogP contribution is 2.35. The number of rotatable bonds is 6. The number of ether oxygens (including phenoxy) is 3. The first-order valence-corrected chi connectivity index (χ1v) is 10.4. The van der Waals surface area contributed by atoms with Gasteiger partial charge in [0.05, 0.1) is 19.3 Å².